The maximum atomic E-state index is 8.73. The molecule has 0 spiro atoms. The molecule has 2 N–H and O–H groups in total. The topological polar surface area (TPSA) is 80.5 Å². The molecule has 0 unspecified atom stereocenters. The van der Waals surface area contributed by atoms with Crippen molar-refractivity contribution in [2.45, 2.75) is 17.5 Å². The summed E-state index contributed by atoms with van der Waals surface area (Å²) in [7, 11) is 0. The number of nitriles is 1. The van der Waals surface area contributed by atoms with Crippen LogP contribution in [-0.2, 0) is 12.3 Å². The molecule has 0 amide bonds. The molecule has 0 radical (unpaired) electrons. The molecule has 5 nitrogen and oxygen atoms in total. The summed E-state index contributed by atoms with van der Waals surface area (Å²) in [4.78, 5) is 0. The predicted molar refractivity (Wildman–Crippen MR) is 75.3 cm³/mol. The highest BCUT2D eigenvalue weighted by Crippen LogP contribution is 2.22. The Labute approximate surface area is 115 Å². The van der Waals surface area contributed by atoms with Crippen molar-refractivity contribution in [3.8, 4) is 6.07 Å². The molecule has 0 fully saturated rings. The van der Waals surface area contributed by atoms with Gasteiger partial charge in [-0.15, -0.1) is 16.8 Å². The van der Waals surface area contributed by atoms with Crippen LogP contribution in [0.15, 0.2) is 42.1 Å². The summed E-state index contributed by atoms with van der Waals surface area (Å²) in [5, 5.41) is 17.4. The molecular formula is C13H13N5S. The van der Waals surface area contributed by atoms with E-state index in [4.69, 9.17) is 11.0 Å². The second-order valence-electron chi connectivity index (χ2n) is 3.84. The summed E-state index contributed by atoms with van der Waals surface area (Å²) >= 11 is 1.55. The largest absolute Gasteiger partial charge is 0.368 e. The van der Waals surface area contributed by atoms with Gasteiger partial charge >= 0.3 is 0 Å². The van der Waals surface area contributed by atoms with Gasteiger partial charge < -0.3 is 5.73 Å². The first kappa shape index (κ1) is 13.2. The Bertz CT molecular complexity index is 609. The quantitative estimate of drug-likeness (QED) is 0.666. The van der Waals surface area contributed by atoms with Crippen LogP contribution in [0.3, 0.4) is 0 Å². The standard InChI is InChI=1S/C13H13N5S/c1-2-7-18-12(15)16-17-13(18)19-9-11-5-3-10(8-14)4-6-11/h2-6H,1,7,9H2,(H2,15,16). The van der Waals surface area contributed by atoms with Gasteiger partial charge in [0.15, 0.2) is 5.16 Å². The minimum atomic E-state index is 0.391. The number of nitrogens with two attached hydrogens (primary N) is 1. The molecule has 1 heterocycles. The molecule has 6 heteroatoms. The third-order valence-electron chi connectivity index (χ3n) is 2.51. The second kappa shape index (κ2) is 6.07. The summed E-state index contributed by atoms with van der Waals surface area (Å²) in [6, 6.07) is 9.57. The van der Waals surface area contributed by atoms with E-state index in [1.807, 2.05) is 12.1 Å². The number of anilines is 1. The van der Waals surface area contributed by atoms with E-state index in [1.165, 1.54) is 0 Å². The first-order valence-electron chi connectivity index (χ1n) is 5.66. The SMILES string of the molecule is C=CCn1c(N)nnc1SCc1ccc(C#N)cc1. The molecule has 0 aliphatic carbocycles. The molecule has 1 aromatic heterocycles. The normalized spacial score (nSPS) is 10.1. The summed E-state index contributed by atoms with van der Waals surface area (Å²) in [6.45, 7) is 4.28. The number of nitrogen functional groups attached to an aromatic ring is 1. The Kier molecular flexibility index (Phi) is 4.21. The Balaban J connectivity index is 2.05. The van der Waals surface area contributed by atoms with Crippen molar-refractivity contribution in [3.05, 3.63) is 48.0 Å². The number of nitrogens with zero attached hydrogens (tertiary/aromatic N) is 4. The van der Waals surface area contributed by atoms with Gasteiger partial charge in [-0.3, -0.25) is 4.57 Å². The lowest BCUT2D eigenvalue weighted by Gasteiger charge is -2.04. The number of aromatic nitrogens is 3. The molecule has 0 saturated carbocycles. The van der Waals surface area contributed by atoms with Gasteiger partial charge in [-0.05, 0) is 17.7 Å². The molecular weight excluding hydrogens is 258 g/mol. The van der Waals surface area contributed by atoms with E-state index in [0.717, 1.165) is 16.5 Å². The van der Waals surface area contributed by atoms with E-state index < -0.39 is 0 Å². The van der Waals surface area contributed by atoms with Crippen molar-refractivity contribution in [2.75, 3.05) is 5.73 Å². The van der Waals surface area contributed by atoms with Gasteiger partial charge in [-0.25, -0.2) is 0 Å². The maximum Gasteiger partial charge on any atom is 0.222 e. The van der Waals surface area contributed by atoms with Crippen LogP contribution in [0.25, 0.3) is 0 Å². The molecule has 0 aliphatic heterocycles. The molecule has 1 aromatic carbocycles. The Morgan fingerprint density at radius 3 is 2.74 bits per heavy atom. The fourth-order valence-corrected chi connectivity index (χ4v) is 2.44. The van der Waals surface area contributed by atoms with Crippen LogP contribution in [0.2, 0.25) is 0 Å². The summed E-state index contributed by atoms with van der Waals surface area (Å²) < 4.78 is 1.81. The summed E-state index contributed by atoms with van der Waals surface area (Å²) in [6.07, 6.45) is 1.76. The van der Waals surface area contributed by atoms with Gasteiger partial charge in [0.05, 0.1) is 11.6 Å². The molecule has 0 aliphatic rings. The number of hydrogen-bond donors (Lipinski definition) is 1. The van der Waals surface area contributed by atoms with Crippen LogP contribution in [0.1, 0.15) is 11.1 Å². The van der Waals surface area contributed by atoms with Crippen molar-refractivity contribution in [1.29, 1.82) is 5.26 Å². The zero-order valence-corrected chi connectivity index (χ0v) is 11.1. The second-order valence-corrected chi connectivity index (χ2v) is 4.78. The Hall–Kier alpha value is -2.26. The van der Waals surface area contributed by atoms with Crippen molar-refractivity contribution in [2.24, 2.45) is 0 Å². The van der Waals surface area contributed by atoms with Gasteiger partial charge in [0.25, 0.3) is 0 Å². The Morgan fingerprint density at radius 1 is 1.37 bits per heavy atom. The van der Waals surface area contributed by atoms with Crippen LogP contribution < -0.4 is 5.73 Å². The van der Waals surface area contributed by atoms with Crippen LogP contribution in [0, 0.1) is 11.3 Å². The highest BCUT2D eigenvalue weighted by Gasteiger charge is 2.08. The lowest BCUT2D eigenvalue weighted by molar-refractivity contribution is 0.733. The minimum absolute atomic E-state index is 0.391. The smallest absolute Gasteiger partial charge is 0.222 e. The van der Waals surface area contributed by atoms with E-state index >= 15 is 0 Å². The number of allylic oxidation sites excluding steroid dienone is 1. The zero-order chi connectivity index (χ0) is 13.7. The van der Waals surface area contributed by atoms with Gasteiger partial charge in [0, 0.05) is 12.3 Å². The molecule has 0 saturated heterocycles. The third-order valence-corrected chi connectivity index (χ3v) is 3.55. The van der Waals surface area contributed by atoms with E-state index in [9.17, 15) is 0 Å². The lowest BCUT2D eigenvalue weighted by Crippen LogP contribution is -2.03. The molecule has 0 atom stereocenters. The fraction of sp³-hybridized carbons (Fsp3) is 0.154. The highest BCUT2D eigenvalue weighted by molar-refractivity contribution is 7.98. The fourth-order valence-electron chi connectivity index (χ4n) is 1.53. The van der Waals surface area contributed by atoms with Crippen molar-refractivity contribution in [1.82, 2.24) is 14.8 Å². The number of benzene rings is 1. The number of hydrogen-bond acceptors (Lipinski definition) is 5. The number of rotatable bonds is 5. The highest BCUT2D eigenvalue weighted by atomic mass is 32.2. The first-order valence-corrected chi connectivity index (χ1v) is 6.64. The van der Waals surface area contributed by atoms with Crippen molar-refractivity contribution in [3.63, 3.8) is 0 Å². The Morgan fingerprint density at radius 2 is 2.11 bits per heavy atom. The molecule has 19 heavy (non-hydrogen) atoms. The average molecular weight is 271 g/mol. The van der Waals surface area contributed by atoms with E-state index in [-0.39, 0.29) is 0 Å². The maximum absolute atomic E-state index is 8.73. The lowest BCUT2D eigenvalue weighted by atomic mass is 10.2. The first-order chi connectivity index (χ1) is 9.24. The average Bonchev–Trinajstić information content (AvgIpc) is 2.79. The van der Waals surface area contributed by atoms with Crippen LogP contribution in [-0.4, -0.2) is 14.8 Å². The van der Waals surface area contributed by atoms with Crippen LogP contribution >= 0.6 is 11.8 Å². The van der Waals surface area contributed by atoms with Gasteiger partial charge in [-0.2, -0.15) is 5.26 Å². The molecule has 0 bridgehead atoms. The van der Waals surface area contributed by atoms with Crippen molar-refractivity contribution < 1.29 is 0 Å². The molecule has 2 rings (SSSR count). The predicted octanol–water partition coefficient (Wildman–Crippen LogP) is 2.21. The van der Waals surface area contributed by atoms with Crippen molar-refractivity contribution >= 4 is 17.7 Å². The molecule has 2 aromatic rings. The van der Waals surface area contributed by atoms with Gasteiger partial charge in [0.2, 0.25) is 5.95 Å². The summed E-state index contributed by atoms with van der Waals surface area (Å²) in [5.41, 5.74) is 7.51. The van der Waals surface area contributed by atoms with E-state index in [1.54, 1.807) is 34.5 Å². The zero-order valence-electron chi connectivity index (χ0n) is 10.3. The number of thioether (sulfide) groups is 1. The van der Waals surface area contributed by atoms with E-state index in [0.29, 0.717) is 18.1 Å². The third kappa shape index (κ3) is 3.14. The minimum Gasteiger partial charge on any atom is -0.368 e. The van der Waals surface area contributed by atoms with Crippen LogP contribution in [0.5, 0.6) is 0 Å². The van der Waals surface area contributed by atoms with Crippen LogP contribution in [0.4, 0.5) is 5.95 Å². The monoisotopic (exact) mass is 271 g/mol. The van der Waals surface area contributed by atoms with Gasteiger partial charge in [-0.1, -0.05) is 30.0 Å². The van der Waals surface area contributed by atoms with Gasteiger partial charge in [0.1, 0.15) is 0 Å². The summed E-state index contributed by atoms with van der Waals surface area (Å²) in [5.74, 6) is 1.14. The van der Waals surface area contributed by atoms with E-state index in [2.05, 4.69) is 22.8 Å². The molecule has 96 valence electrons.